The summed E-state index contributed by atoms with van der Waals surface area (Å²) >= 11 is 0. The molecule has 0 aliphatic carbocycles. The van der Waals surface area contributed by atoms with Gasteiger partial charge >= 0.3 is 0 Å². The Morgan fingerprint density at radius 3 is 2.62 bits per heavy atom. The second kappa shape index (κ2) is 5.72. The lowest BCUT2D eigenvalue weighted by Crippen LogP contribution is -2.61. The smallest absolute Gasteiger partial charge is 0.0746 e. The molecular weight excluding hydrogens is 260 g/mol. The number of fused-ring (bicyclic) bond motifs is 1. The van der Waals surface area contributed by atoms with E-state index in [9.17, 15) is 0 Å². The van der Waals surface area contributed by atoms with Crippen LogP contribution in [0.15, 0.2) is 36.5 Å². The van der Waals surface area contributed by atoms with Crippen molar-refractivity contribution < 1.29 is 0 Å². The summed E-state index contributed by atoms with van der Waals surface area (Å²) in [4.78, 5) is 9.76. The Hall–Kier alpha value is -1.49. The van der Waals surface area contributed by atoms with Gasteiger partial charge < -0.3 is 5.32 Å². The molecule has 0 radical (unpaired) electrons. The Morgan fingerprint density at radius 2 is 1.86 bits per heavy atom. The van der Waals surface area contributed by atoms with Gasteiger partial charge in [0.25, 0.3) is 0 Å². The monoisotopic (exact) mass is 282 g/mol. The molecule has 2 aliphatic heterocycles. The van der Waals surface area contributed by atoms with Crippen molar-refractivity contribution in [1.82, 2.24) is 20.1 Å². The van der Waals surface area contributed by atoms with Crippen molar-refractivity contribution >= 4 is 10.9 Å². The number of rotatable bonds is 3. The molecule has 1 aromatic heterocycles. The molecule has 0 saturated carbocycles. The van der Waals surface area contributed by atoms with Crippen LogP contribution in [0.5, 0.6) is 0 Å². The lowest BCUT2D eigenvalue weighted by atomic mass is 10.1. The Labute approximate surface area is 125 Å². The van der Waals surface area contributed by atoms with Gasteiger partial charge in [0, 0.05) is 63.4 Å². The Balaban J connectivity index is 1.44. The summed E-state index contributed by atoms with van der Waals surface area (Å²) in [6.07, 6.45) is 1.90. The summed E-state index contributed by atoms with van der Waals surface area (Å²) in [5.41, 5.74) is 2.51. The van der Waals surface area contributed by atoms with Gasteiger partial charge in [0.15, 0.2) is 0 Å². The number of pyridine rings is 1. The molecule has 1 aromatic carbocycles. The molecule has 0 amide bonds. The van der Waals surface area contributed by atoms with Crippen LogP contribution in [-0.2, 0) is 6.54 Å². The predicted octanol–water partition coefficient (Wildman–Crippen LogP) is 1.32. The fourth-order valence-electron chi connectivity index (χ4n) is 3.35. The summed E-state index contributed by atoms with van der Waals surface area (Å²) in [7, 11) is 0. The second-order valence-electron chi connectivity index (χ2n) is 6.12. The summed E-state index contributed by atoms with van der Waals surface area (Å²) in [6.45, 7) is 8.10. The lowest BCUT2D eigenvalue weighted by molar-refractivity contribution is 0.0697. The quantitative estimate of drug-likeness (QED) is 0.920. The van der Waals surface area contributed by atoms with Crippen LogP contribution in [0.25, 0.3) is 10.9 Å². The molecule has 4 heteroatoms. The highest BCUT2D eigenvalue weighted by molar-refractivity contribution is 5.81. The lowest BCUT2D eigenvalue weighted by Gasteiger charge is -2.43. The molecule has 0 spiro atoms. The fourth-order valence-corrected chi connectivity index (χ4v) is 3.35. The molecule has 0 unspecified atom stereocenters. The average molecular weight is 282 g/mol. The standard InChI is InChI=1S/C17H22N4/c1-3-14-5-2-6-19-17(14)15(4-1)13-20-7-9-21(10-8-20)16-11-18-12-16/h1-6,16,18H,7-13H2. The number of benzene rings is 1. The Kier molecular flexibility index (Phi) is 3.59. The van der Waals surface area contributed by atoms with Crippen LogP contribution in [0.1, 0.15) is 5.56 Å². The third-order valence-corrected chi connectivity index (χ3v) is 4.79. The third kappa shape index (κ3) is 2.67. The van der Waals surface area contributed by atoms with Crippen molar-refractivity contribution in [2.45, 2.75) is 12.6 Å². The zero-order valence-corrected chi connectivity index (χ0v) is 12.3. The van der Waals surface area contributed by atoms with E-state index in [0.717, 1.165) is 18.1 Å². The van der Waals surface area contributed by atoms with Crippen molar-refractivity contribution in [2.24, 2.45) is 0 Å². The zero-order valence-electron chi connectivity index (χ0n) is 12.3. The first-order valence-corrected chi connectivity index (χ1v) is 7.90. The molecule has 4 rings (SSSR count). The molecule has 3 heterocycles. The highest BCUT2D eigenvalue weighted by Crippen LogP contribution is 2.19. The van der Waals surface area contributed by atoms with Crippen LogP contribution in [0.3, 0.4) is 0 Å². The summed E-state index contributed by atoms with van der Waals surface area (Å²) < 4.78 is 0. The van der Waals surface area contributed by atoms with Crippen molar-refractivity contribution in [3.05, 3.63) is 42.1 Å². The maximum atomic E-state index is 4.57. The van der Waals surface area contributed by atoms with Crippen molar-refractivity contribution in [3.63, 3.8) is 0 Å². The maximum absolute atomic E-state index is 4.57. The number of nitrogens with zero attached hydrogens (tertiary/aromatic N) is 3. The van der Waals surface area contributed by atoms with Crippen LogP contribution >= 0.6 is 0 Å². The van der Waals surface area contributed by atoms with E-state index >= 15 is 0 Å². The fraction of sp³-hybridized carbons (Fsp3) is 0.471. The minimum atomic E-state index is 0.784. The van der Waals surface area contributed by atoms with E-state index < -0.39 is 0 Å². The van der Waals surface area contributed by atoms with Gasteiger partial charge in [-0.2, -0.15) is 0 Å². The maximum Gasteiger partial charge on any atom is 0.0746 e. The minimum Gasteiger partial charge on any atom is -0.314 e. The highest BCUT2D eigenvalue weighted by atomic mass is 15.3. The van der Waals surface area contributed by atoms with Gasteiger partial charge in [0.05, 0.1) is 5.52 Å². The van der Waals surface area contributed by atoms with Gasteiger partial charge in [-0.05, 0) is 11.6 Å². The zero-order chi connectivity index (χ0) is 14.1. The first kappa shape index (κ1) is 13.2. The van der Waals surface area contributed by atoms with E-state index in [1.54, 1.807) is 0 Å². The third-order valence-electron chi connectivity index (χ3n) is 4.79. The second-order valence-corrected chi connectivity index (χ2v) is 6.12. The van der Waals surface area contributed by atoms with Gasteiger partial charge in [-0.15, -0.1) is 0 Å². The Bertz CT molecular complexity index is 610. The van der Waals surface area contributed by atoms with E-state index in [1.165, 1.54) is 50.2 Å². The molecule has 1 N–H and O–H groups in total. The van der Waals surface area contributed by atoms with Gasteiger partial charge in [-0.25, -0.2) is 0 Å². The molecule has 2 saturated heterocycles. The molecular formula is C17H22N4. The van der Waals surface area contributed by atoms with Crippen LogP contribution in [0.2, 0.25) is 0 Å². The van der Waals surface area contributed by atoms with Crippen LogP contribution < -0.4 is 5.32 Å². The van der Waals surface area contributed by atoms with E-state index in [1.807, 2.05) is 12.3 Å². The predicted molar refractivity (Wildman–Crippen MR) is 85.3 cm³/mol. The number of piperazine rings is 1. The molecule has 2 aromatic rings. The summed E-state index contributed by atoms with van der Waals surface area (Å²) in [5, 5.41) is 4.61. The number of hydrogen-bond donors (Lipinski definition) is 1. The van der Waals surface area contributed by atoms with Gasteiger partial charge in [0.1, 0.15) is 0 Å². The van der Waals surface area contributed by atoms with Crippen molar-refractivity contribution in [2.75, 3.05) is 39.3 Å². The first-order valence-electron chi connectivity index (χ1n) is 7.90. The first-order chi connectivity index (χ1) is 10.4. The summed E-state index contributed by atoms with van der Waals surface area (Å²) in [6, 6.07) is 11.5. The van der Waals surface area contributed by atoms with E-state index in [-0.39, 0.29) is 0 Å². The molecule has 110 valence electrons. The number of nitrogens with one attached hydrogen (secondary N) is 1. The minimum absolute atomic E-state index is 0.784. The number of para-hydroxylation sites is 1. The average Bonchev–Trinajstić information content (AvgIpc) is 2.48. The number of hydrogen-bond acceptors (Lipinski definition) is 4. The molecule has 0 atom stereocenters. The van der Waals surface area contributed by atoms with Crippen LogP contribution in [0, 0.1) is 0 Å². The summed E-state index contributed by atoms with van der Waals surface area (Å²) in [5.74, 6) is 0. The van der Waals surface area contributed by atoms with E-state index in [2.05, 4.69) is 44.4 Å². The molecule has 4 nitrogen and oxygen atoms in total. The van der Waals surface area contributed by atoms with Gasteiger partial charge in [0.2, 0.25) is 0 Å². The molecule has 0 bridgehead atoms. The van der Waals surface area contributed by atoms with Crippen LogP contribution in [0.4, 0.5) is 0 Å². The van der Waals surface area contributed by atoms with Gasteiger partial charge in [-0.3, -0.25) is 14.8 Å². The van der Waals surface area contributed by atoms with Crippen molar-refractivity contribution in [1.29, 1.82) is 0 Å². The van der Waals surface area contributed by atoms with E-state index in [0.29, 0.717) is 0 Å². The number of aromatic nitrogens is 1. The van der Waals surface area contributed by atoms with E-state index in [4.69, 9.17) is 0 Å². The highest BCUT2D eigenvalue weighted by Gasteiger charge is 2.27. The molecule has 2 aliphatic rings. The topological polar surface area (TPSA) is 31.4 Å². The largest absolute Gasteiger partial charge is 0.314 e. The van der Waals surface area contributed by atoms with Crippen molar-refractivity contribution in [3.8, 4) is 0 Å². The molecule has 21 heavy (non-hydrogen) atoms. The van der Waals surface area contributed by atoms with Gasteiger partial charge in [-0.1, -0.05) is 24.3 Å². The SMILES string of the molecule is c1cnc2c(CN3CCN(C4CNC4)CC3)cccc2c1. The van der Waals surface area contributed by atoms with Crippen LogP contribution in [-0.4, -0.2) is 60.1 Å². The normalized spacial score (nSPS) is 21.5. The molecule has 2 fully saturated rings. The Morgan fingerprint density at radius 1 is 1.05 bits per heavy atom.